The van der Waals surface area contributed by atoms with Crippen molar-refractivity contribution >= 4 is 65.0 Å². The molecular weight excluding hydrogens is 538 g/mol. The summed E-state index contributed by atoms with van der Waals surface area (Å²) in [7, 11) is 1.68. The first-order chi connectivity index (χ1) is 14.0. The zero-order valence-electron chi connectivity index (χ0n) is 16.6. The molecule has 0 spiro atoms. The van der Waals surface area contributed by atoms with E-state index in [2.05, 4.69) is 27.8 Å². The van der Waals surface area contributed by atoms with E-state index in [1.807, 2.05) is 18.2 Å². The summed E-state index contributed by atoms with van der Waals surface area (Å²) in [5.74, 6) is 0.765. The van der Waals surface area contributed by atoms with Gasteiger partial charge in [-0.1, -0.05) is 41.4 Å². The molecule has 0 radical (unpaired) electrons. The van der Waals surface area contributed by atoms with E-state index in [4.69, 9.17) is 23.2 Å². The Morgan fingerprint density at radius 2 is 1.63 bits per heavy atom. The minimum atomic E-state index is -0.143. The van der Waals surface area contributed by atoms with Gasteiger partial charge in [0.1, 0.15) is 0 Å². The third-order valence-electron chi connectivity index (χ3n) is 6.14. The Bertz CT molecular complexity index is 842. The van der Waals surface area contributed by atoms with Crippen molar-refractivity contribution in [2.75, 3.05) is 26.7 Å². The first-order valence-electron chi connectivity index (χ1n) is 9.92. The number of carbonyl (C=O) groups is 2. The lowest BCUT2D eigenvalue weighted by molar-refractivity contribution is -0.140. The maximum Gasteiger partial charge on any atom is 0.233 e. The number of benzene rings is 1. The molecule has 4 atom stereocenters. The van der Waals surface area contributed by atoms with Gasteiger partial charge < -0.3 is 10.6 Å². The predicted octanol–water partition coefficient (Wildman–Crippen LogP) is 3.13. The summed E-state index contributed by atoms with van der Waals surface area (Å²) in [4.78, 5) is 31.0. The van der Waals surface area contributed by atoms with Crippen LogP contribution in [0.15, 0.2) is 35.3 Å². The molecule has 3 aliphatic rings. The fraction of sp³-hybridized carbons (Fsp3) is 0.476. The summed E-state index contributed by atoms with van der Waals surface area (Å²) in [5, 5.41) is 7.66. The number of guanidine groups is 1. The van der Waals surface area contributed by atoms with E-state index in [1.54, 1.807) is 7.05 Å². The Morgan fingerprint density at radius 3 is 2.20 bits per heavy atom. The van der Waals surface area contributed by atoms with Gasteiger partial charge in [0.15, 0.2) is 5.96 Å². The molecule has 1 aromatic carbocycles. The molecule has 1 saturated heterocycles. The van der Waals surface area contributed by atoms with Crippen molar-refractivity contribution in [2.24, 2.45) is 28.7 Å². The average molecular weight is 563 g/mol. The summed E-state index contributed by atoms with van der Waals surface area (Å²) < 4.78 is 0. The van der Waals surface area contributed by atoms with Gasteiger partial charge >= 0.3 is 0 Å². The molecule has 2 aliphatic carbocycles. The number of nitrogens with zero attached hydrogens (tertiary/aromatic N) is 2. The highest BCUT2D eigenvalue weighted by atomic mass is 127. The molecule has 2 N–H and O–H groups in total. The summed E-state index contributed by atoms with van der Waals surface area (Å²) in [6, 6.07) is 5.45. The Balaban J connectivity index is 0.00000256. The zero-order valence-corrected chi connectivity index (χ0v) is 20.4. The number of rotatable bonds is 6. The maximum absolute atomic E-state index is 12.7. The van der Waals surface area contributed by atoms with Crippen molar-refractivity contribution in [1.82, 2.24) is 15.5 Å². The second kappa shape index (κ2) is 9.87. The fourth-order valence-electron chi connectivity index (χ4n) is 4.77. The third-order valence-corrected chi connectivity index (χ3v) is 6.85. The molecule has 30 heavy (non-hydrogen) atoms. The largest absolute Gasteiger partial charge is 0.356 e. The van der Waals surface area contributed by atoms with E-state index in [-0.39, 0.29) is 59.5 Å². The van der Waals surface area contributed by atoms with Gasteiger partial charge in [-0.05, 0) is 42.4 Å². The van der Waals surface area contributed by atoms with Gasteiger partial charge in [0.2, 0.25) is 11.8 Å². The number of allylic oxidation sites excluding steroid dienone is 2. The fourth-order valence-corrected chi connectivity index (χ4v) is 5.35. The molecule has 2 amide bonds. The van der Waals surface area contributed by atoms with Crippen LogP contribution in [0.3, 0.4) is 0 Å². The Labute approximate surface area is 203 Å². The lowest BCUT2D eigenvalue weighted by atomic mass is 9.85. The summed E-state index contributed by atoms with van der Waals surface area (Å²) >= 11 is 12.4. The summed E-state index contributed by atoms with van der Waals surface area (Å²) in [6.07, 6.45) is 5.82. The number of fused-ring (bicyclic) bond motifs is 5. The first-order valence-corrected chi connectivity index (χ1v) is 10.7. The highest BCUT2D eigenvalue weighted by Gasteiger charge is 2.58. The molecule has 1 aliphatic heterocycles. The molecule has 2 fully saturated rings. The molecule has 1 aromatic rings. The number of imide groups is 1. The van der Waals surface area contributed by atoms with Crippen LogP contribution in [0.2, 0.25) is 10.0 Å². The second-order valence-electron chi connectivity index (χ2n) is 7.70. The van der Waals surface area contributed by atoms with Crippen LogP contribution in [0.25, 0.3) is 0 Å². The number of nitrogens with one attached hydrogen (secondary N) is 2. The molecule has 1 saturated carbocycles. The maximum atomic E-state index is 12.7. The van der Waals surface area contributed by atoms with E-state index in [9.17, 15) is 9.59 Å². The summed E-state index contributed by atoms with van der Waals surface area (Å²) in [6.45, 7) is 1.40. The molecule has 2 bridgehead atoms. The van der Waals surface area contributed by atoms with E-state index in [0.29, 0.717) is 42.1 Å². The second-order valence-corrected chi connectivity index (χ2v) is 8.52. The number of aliphatic imine (C=N–C) groups is 1. The van der Waals surface area contributed by atoms with Crippen LogP contribution in [0.1, 0.15) is 12.0 Å². The van der Waals surface area contributed by atoms with Crippen molar-refractivity contribution < 1.29 is 9.59 Å². The molecule has 162 valence electrons. The number of carbonyl (C=O) groups excluding carboxylic acids is 2. The number of hydrogen-bond acceptors (Lipinski definition) is 3. The van der Waals surface area contributed by atoms with Crippen LogP contribution < -0.4 is 10.6 Å². The van der Waals surface area contributed by atoms with Crippen molar-refractivity contribution in [1.29, 1.82) is 0 Å². The van der Waals surface area contributed by atoms with Crippen molar-refractivity contribution in [3.8, 4) is 0 Å². The van der Waals surface area contributed by atoms with Gasteiger partial charge in [-0.3, -0.25) is 19.5 Å². The smallest absolute Gasteiger partial charge is 0.233 e. The van der Waals surface area contributed by atoms with Crippen molar-refractivity contribution in [3.05, 3.63) is 46.0 Å². The number of likely N-dealkylation sites (tertiary alicyclic amines) is 1. The highest BCUT2D eigenvalue weighted by Crippen LogP contribution is 2.52. The molecule has 1 heterocycles. The van der Waals surface area contributed by atoms with Gasteiger partial charge in [-0.2, -0.15) is 0 Å². The molecule has 9 heteroatoms. The third kappa shape index (κ3) is 4.34. The highest BCUT2D eigenvalue weighted by molar-refractivity contribution is 14.0. The van der Waals surface area contributed by atoms with Crippen LogP contribution in [0.4, 0.5) is 0 Å². The van der Waals surface area contributed by atoms with E-state index >= 15 is 0 Å². The topological polar surface area (TPSA) is 73.8 Å². The van der Waals surface area contributed by atoms with Crippen molar-refractivity contribution in [3.63, 3.8) is 0 Å². The molecular formula is C21H25Cl2IN4O2. The van der Waals surface area contributed by atoms with Crippen molar-refractivity contribution in [2.45, 2.75) is 12.8 Å². The Kier molecular flexibility index (Phi) is 7.68. The quantitative estimate of drug-likeness (QED) is 0.184. The SMILES string of the molecule is CN=C(NCCc1c(Cl)cccc1Cl)NCCN1C(=O)C2C3C=CC(C3)C2C1=O.I. The minimum absolute atomic E-state index is 0. The predicted molar refractivity (Wildman–Crippen MR) is 129 cm³/mol. The van der Waals surface area contributed by atoms with Gasteiger partial charge in [-0.25, -0.2) is 0 Å². The monoisotopic (exact) mass is 562 g/mol. The molecule has 4 unspecified atom stereocenters. The van der Waals surface area contributed by atoms with E-state index < -0.39 is 0 Å². The Hall–Kier alpha value is -1.32. The average Bonchev–Trinajstić information content (AvgIpc) is 3.38. The molecule has 4 rings (SSSR count). The Morgan fingerprint density at radius 1 is 1.07 bits per heavy atom. The molecule has 0 aromatic heterocycles. The summed E-state index contributed by atoms with van der Waals surface area (Å²) in [5.41, 5.74) is 0.891. The first kappa shape index (κ1) is 23.3. The molecule has 6 nitrogen and oxygen atoms in total. The van der Waals surface area contributed by atoms with Gasteiger partial charge in [0, 0.05) is 36.7 Å². The zero-order chi connectivity index (χ0) is 20.5. The number of halogens is 3. The van der Waals surface area contributed by atoms with E-state index in [1.165, 1.54) is 4.90 Å². The van der Waals surface area contributed by atoms with E-state index in [0.717, 1.165) is 12.0 Å². The van der Waals surface area contributed by atoms with Crippen LogP contribution in [0, 0.1) is 23.7 Å². The normalized spacial score (nSPS) is 26.8. The lowest BCUT2D eigenvalue weighted by Gasteiger charge is -2.18. The standard InChI is InChI=1S/C21H24Cl2N4O2.HI/c1-24-21(25-8-7-14-15(22)3-2-4-16(14)23)26-9-10-27-19(28)17-12-5-6-13(11-12)18(17)20(27)29;/h2-6,12-13,17-18H,7-11H2,1H3,(H2,24,25,26);1H. The van der Waals surface area contributed by atoms with Crippen LogP contribution in [-0.4, -0.2) is 49.4 Å². The number of hydrogen-bond donors (Lipinski definition) is 2. The minimum Gasteiger partial charge on any atom is -0.356 e. The number of amides is 2. The van der Waals surface area contributed by atoms with Crippen LogP contribution in [0.5, 0.6) is 0 Å². The van der Waals surface area contributed by atoms with Gasteiger partial charge in [0.05, 0.1) is 11.8 Å². The van der Waals surface area contributed by atoms with Gasteiger partial charge in [-0.15, -0.1) is 24.0 Å². The van der Waals surface area contributed by atoms with Crippen LogP contribution >= 0.6 is 47.2 Å². The van der Waals surface area contributed by atoms with Crippen LogP contribution in [-0.2, 0) is 16.0 Å². The van der Waals surface area contributed by atoms with Gasteiger partial charge in [0.25, 0.3) is 0 Å². The lowest BCUT2D eigenvalue weighted by Crippen LogP contribution is -2.44.